The van der Waals surface area contributed by atoms with E-state index in [1.54, 1.807) is 13.1 Å². The van der Waals surface area contributed by atoms with Crippen LogP contribution in [0.2, 0.25) is 0 Å². The maximum absolute atomic E-state index is 11.2. The normalized spacial score (nSPS) is 14.6. The minimum atomic E-state index is -0.949. The van der Waals surface area contributed by atoms with Gasteiger partial charge >= 0.3 is 5.97 Å². The third kappa shape index (κ3) is 3.53. The molecule has 0 aliphatic rings. The van der Waals surface area contributed by atoms with Gasteiger partial charge in [-0.25, -0.2) is 4.98 Å². The Morgan fingerprint density at radius 3 is 3.00 bits per heavy atom. The molecule has 90 valence electrons. The second-order valence-corrected chi connectivity index (χ2v) is 4.58. The minimum Gasteiger partial charge on any atom is -0.480 e. The SMILES string of the molecule is CCCNC(C)(CSc1ncco1)C(=O)O. The molecule has 1 aromatic heterocycles. The molecule has 0 radical (unpaired) electrons. The molecule has 5 nitrogen and oxygen atoms in total. The van der Waals surface area contributed by atoms with Crippen LogP contribution in [-0.2, 0) is 4.79 Å². The maximum Gasteiger partial charge on any atom is 0.324 e. The Hall–Kier alpha value is -1.01. The van der Waals surface area contributed by atoms with Crippen molar-refractivity contribution in [3.05, 3.63) is 12.5 Å². The second-order valence-electron chi connectivity index (χ2n) is 3.65. The lowest BCUT2D eigenvalue weighted by atomic mass is 10.1. The maximum atomic E-state index is 11.2. The van der Waals surface area contributed by atoms with Crippen LogP contribution in [0.3, 0.4) is 0 Å². The number of hydrogen-bond donors (Lipinski definition) is 2. The van der Waals surface area contributed by atoms with Gasteiger partial charge in [-0.3, -0.25) is 4.79 Å². The second kappa shape index (κ2) is 5.91. The largest absolute Gasteiger partial charge is 0.480 e. The highest BCUT2D eigenvalue weighted by molar-refractivity contribution is 7.99. The fourth-order valence-corrected chi connectivity index (χ4v) is 1.97. The summed E-state index contributed by atoms with van der Waals surface area (Å²) in [6.07, 6.45) is 3.91. The summed E-state index contributed by atoms with van der Waals surface area (Å²) in [6, 6.07) is 0. The third-order valence-corrected chi connectivity index (χ3v) is 3.30. The van der Waals surface area contributed by atoms with Crippen molar-refractivity contribution in [2.45, 2.75) is 31.0 Å². The van der Waals surface area contributed by atoms with Crippen LogP contribution in [0.25, 0.3) is 0 Å². The predicted octanol–water partition coefficient (Wildman–Crippen LogP) is 1.61. The van der Waals surface area contributed by atoms with Crippen LogP contribution in [-0.4, -0.2) is 33.9 Å². The lowest BCUT2D eigenvalue weighted by Crippen LogP contribution is -2.51. The van der Waals surface area contributed by atoms with Crippen molar-refractivity contribution < 1.29 is 14.3 Å². The van der Waals surface area contributed by atoms with Crippen LogP contribution in [0.5, 0.6) is 0 Å². The average molecular weight is 244 g/mol. The molecule has 0 aliphatic carbocycles. The van der Waals surface area contributed by atoms with E-state index in [0.29, 0.717) is 17.5 Å². The first-order valence-electron chi connectivity index (χ1n) is 5.09. The summed E-state index contributed by atoms with van der Waals surface area (Å²) in [5, 5.41) is 12.7. The fraction of sp³-hybridized carbons (Fsp3) is 0.600. The smallest absolute Gasteiger partial charge is 0.324 e. The number of carboxylic acids is 1. The van der Waals surface area contributed by atoms with Crippen LogP contribution < -0.4 is 5.32 Å². The Balaban J connectivity index is 2.53. The third-order valence-electron chi connectivity index (χ3n) is 2.13. The molecule has 2 N–H and O–H groups in total. The molecular formula is C10H16N2O3S. The van der Waals surface area contributed by atoms with Gasteiger partial charge in [-0.1, -0.05) is 18.7 Å². The molecular weight excluding hydrogens is 228 g/mol. The topological polar surface area (TPSA) is 75.4 Å². The molecule has 0 aromatic carbocycles. The van der Waals surface area contributed by atoms with E-state index < -0.39 is 11.5 Å². The fourth-order valence-electron chi connectivity index (χ4n) is 1.08. The zero-order chi connectivity index (χ0) is 12.0. The quantitative estimate of drug-likeness (QED) is 0.710. The van der Waals surface area contributed by atoms with Crippen molar-refractivity contribution in [1.29, 1.82) is 0 Å². The van der Waals surface area contributed by atoms with Crippen molar-refractivity contribution in [1.82, 2.24) is 10.3 Å². The Labute approximate surface area is 98.6 Å². The molecule has 0 amide bonds. The highest BCUT2D eigenvalue weighted by Crippen LogP contribution is 2.21. The highest BCUT2D eigenvalue weighted by atomic mass is 32.2. The molecule has 16 heavy (non-hydrogen) atoms. The molecule has 0 spiro atoms. The van der Waals surface area contributed by atoms with E-state index in [2.05, 4.69) is 10.3 Å². The van der Waals surface area contributed by atoms with Gasteiger partial charge in [-0.2, -0.15) is 0 Å². The average Bonchev–Trinajstić information content (AvgIpc) is 2.76. The number of thioether (sulfide) groups is 1. The Morgan fingerprint density at radius 1 is 1.75 bits per heavy atom. The molecule has 0 aliphatic heterocycles. The molecule has 6 heteroatoms. The van der Waals surface area contributed by atoms with Gasteiger partial charge in [-0.05, 0) is 19.9 Å². The summed E-state index contributed by atoms with van der Waals surface area (Å²) < 4.78 is 5.04. The van der Waals surface area contributed by atoms with Gasteiger partial charge in [0.1, 0.15) is 11.8 Å². The van der Waals surface area contributed by atoms with E-state index in [1.165, 1.54) is 18.0 Å². The summed E-state index contributed by atoms with van der Waals surface area (Å²) in [6.45, 7) is 4.34. The van der Waals surface area contributed by atoms with Gasteiger partial charge < -0.3 is 14.8 Å². The molecule has 1 atom stereocenters. The molecule has 1 heterocycles. The summed E-state index contributed by atoms with van der Waals surface area (Å²) in [7, 11) is 0. The van der Waals surface area contributed by atoms with Gasteiger partial charge in [0.25, 0.3) is 5.22 Å². The van der Waals surface area contributed by atoms with Crippen LogP contribution >= 0.6 is 11.8 Å². The van der Waals surface area contributed by atoms with E-state index in [-0.39, 0.29) is 0 Å². The van der Waals surface area contributed by atoms with Gasteiger partial charge in [-0.15, -0.1) is 0 Å². The monoisotopic (exact) mass is 244 g/mol. The molecule has 1 unspecified atom stereocenters. The number of nitrogens with zero attached hydrogens (tertiary/aromatic N) is 1. The molecule has 0 fully saturated rings. The summed E-state index contributed by atoms with van der Waals surface area (Å²) in [5.41, 5.74) is -0.949. The van der Waals surface area contributed by atoms with E-state index in [9.17, 15) is 4.79 Å². The van der Waals surface area contributed by atoms with Crippen LogP contribution in [0, 0.1) is 0 Å². The van der Waals surface area contributed by atoms with Crippen LogP contribution in [0.15, 0.2) is 22.1 Å². The molecule has 0 saturated heterocycles. The van der Waals surface area contributed by atoms with E-state index in [0.717, 1.165) is 6.42 Å². The number of aliphatic carboxylic acids is 1. The van der Waals surface area contributed by atoms with E-state index >= 15 is 0 Å². The molecule has 1 rings (SSSR count). The first-order chi connectivity index (χ1) is 7.58. The number of aromatic nitrogens is 1. The molecule has 1 aromatic rings. The Morgan fingerprint density at radius 2 is 2.50 bits per heavy atom. The van der Waals surface area contributed by atoms with Crippen molar-refractivity contribution in [3.63, 3.8) is 0 Å². The van der Waals surface area contributed by atoms with Crippen molar-refractivity contribution in [2.75, 3.05) is 12.3 Å². The number of carboxylic acid groups (broad SMARTS) is 1. The van der Waals surface area contributed by atoms with Gasteiger partial charge in [0, 0.05) is 5.75 Å². The van der Waals surface area contributed by atoms with Gasteiger partial charge in [0.05, 0.1) is 6.20 Å². The highest BCUT2D eigenvalue weighted by Gasteiger charge is 2.32. The molecule has 0 saturated carbocycles. The summed E-state index contributed by atoms with van der Waals surface area (Å²) in [4.78, 5) is 15.1. The number of carbonyl (C=O) groups is 1. The van der Waals surface area contributed by atoms with E-state index in [4.69, 9.17) is 9.52 Å². The first-order valence-corrected chi connectivity index (χ1v) is 6.08. The summed E-state index contributed by atoms with van der Waals surface area (Å²) >= 11 is 1.29. The van der Waals surface area contributed by atoms with Gasteiger partial charge in [0.2, 0.25) is 0 Å². The number of hydrogen-bond acceptors (Lipinski definition) is 5. The number of nitrogens with one attached hydrogen (secondary N) is 1. The number of rotatable bonds is 7. The Bertz CT molecular complexity index is 329. The van der Waals surface area contributed by atoms with Crippen LogP contribution in [0.4, 0.5) is 0 Å². The lowest BCUT2D eigenvalue weighted by Gasteiger charge is -2.25. The summed E-state index contributed by atoms with van der Waals surface area (Å²) in [5.74, 6) is -0.483. The lowest BCUT2D eigenvalue weighted by molar-refractivity contribution is -0.143. The van der Waals surface area contributed by atoms with E-state index in [1.807, 2.05) is 6.92 Å². The standard InChI is InChI=1S/C10H16N2O3S/c1-3-4-12-10(2,8(13)14)7-16-9-11-5-6-15-9/h5-6,12H,3-4,7H2,1-2H3,(H,13,14). The van der Waals surface area contributed by atoms with Crippen molar-refractivity contribution >= 4 is 17.7 Å². The number of oxazole rings is 1. The zero-order valence-corrected chi connectivity index (χ0v) is 10.2. The van der Waals surface area contributed by atoms with Crippen molar-refractivity contribution in [2.24, 2.45) is 0 Å². The molecule has 0 bridgehead atoms. The Kier molecular flexibility index (Phi) is 4.82. The predicted molar refractivity (Wildman–Crippen MR) is 61.6 cm³/mol. The zero-order valence-electron chi connectivity index (χ0n) is 9.40. The minimum absolute atomic E-state index is 0.378. The van der Waals surface area contributed by atoms with Gasteiger partial charge in [0.15, 0.2) is 0 Å². The van der Waals surface area contributed by atoms with Crippen molar-refractivity contribution in [3.8, 4) is 0 Å². The van der Waals surface area contributed by atoms with Crippen LogP contribution in [0.1, 0.15) is 20.3 Å². The first kappa shape index (κ1) is 13.1.